The highest BCUT2D eigenvalue weighted by Crippen LogP contribution is 2.39. The fraction of sp³-hybridized carbons (Fsp3) is 0.786. The van der Waals surface area contributed by atoms with Crippen molar-refractivity contribution in [2.45, 2.75) is 46.5 Å². The second-order valence-electron chi connectivity index (χ2n) is 4.98. The summed E-state index contributed by atoms with van der Waals surface area (Å²) in [5, 5.41) is 0. The molecule has 19 heavy (non-hydrogen) atoms. The predicted molar refractivity (Wildman–Crippen MR) is 68.3 cm³/mol. The number of carbonyl (C=O) groups excluding carboxylic acids is 3. The molecular formula is C14H22O5. The van der Waals surface area contributed by atoms with Crippen LogP contribution in [0.1, 0.15) is 46.5 Å². The van der Waals surface area contributed by atoms with E-state index in [0.717, 1.165) is 0 Å². The number of ketones is 1. The van der Waals surface area contributed by atoms with Gasteiger partial charge in [-0.15, -0.1) is 0 Å². The van der Waals surface area contributed by atoms with Gasteiger partial charge in [0, 0.05) is 12.8 Å². The fourth-order valence-corrected chi connectivity index (χ4v) is 2.50. The maximum atomic E-state index is 12.2. The quantitative estimate of drug-likeness (QED) is 0.563. The summed E-state index contributed by atoms with van der Waals surface area (Å²) in [6.07, 6.45) is 2.14. The molecule has 108 valence electrons. The van der Waals surface area contributed by atoms with E-state index in [2.05, 4.69) is 0 Å². The van der Waals surface area contributed by atoms with Crippen LogP contribution < -0.4 is 0 Å². The summed E-state index contributed by atoms with van der Waals surface area (Å²) >= 11 is 0. The lowest BCUT2D eigenvalue weighted by Gasteiger charge is -2.34. The van der Waals surface area contributed by atoms with Gasteiger partial charge in [-0.25, -0.2) is 0 Å². The zero-order chi connectivity index (χ0) is 14.5. The molecule has 0 aliphatic heterocycles. The maximum absolute atomic E-state index is 12.2. The molecular weight excluding hydrogens is 248 g/mol. The van der Waals surface area contributed by atoms with E-state index >= 15 is 0 Å². The van der Waals surface area contributed by atoms with Gasteiger partial charge in [0.1, 0.15) is 5.78 Å². The Balaban J connectivity index is 2.99. The average Bonchev–Trinajstić information content (AvgIpc) is 2.38. The molecule has 1 aliphatic rings. The molecule has 5 nitrogen and oxygen atoms in total. The van der Waals surface area contributed by atoms with Gasteiger partial charge in [0.2, 0.25) is 0 Å². The van der Waals surface area contributed by atoms with E-state index in [4.69, 9.17) is 9.47 Å². The molecule has 1 saturated carbocycles. The summed E-state index contributed by atoms with van der Waals surface area (Å²) in [5.41, 5.74) is -1.37. The lowest BCUT2D eigenvalue weighted by molar-refractivity contribution is -0.176. The Kier molecular flexibility index (Phi) is 5.51. The van der Waals surface area contributed by atoms with Crippen LogP contribution in [0, 0.1) is 11.3 Å². The first-order valence-corrected chi connectivity index (χ1v) is 6.82. The van der Waals surface area contributed by atoms with Crippen molar-refractivity contribution in [1.82, 2.24) is 0 Å². The van der Waals surface area contributed by atoms with Crippen molar-refractivity contribution >= 4 is 17.7 Å². The first kappa shape index (κ1) is 15.7. The van der Waals surface area contributed by atoms with E-state index in [0.29, 0.717) is 19.3 Å². The van der Waals surface area contributed by atoms with E-state index in [9.17, 15) is 14.4 Å². The van der Waals surface area contributed by atoms with Crippen molar-refractivity contribution in [1.29, 1.82) is 0 Å². The third-order valence-corrected chi connectivity index (χ3v) is 3.70. The second-order valence-corrected chi connectivity index (χ2v) is 4.98. The molecule has 1 rings (SSSR count). The van der Waals surface area contributed by atoms with E-state index in [-0.39, 0.29) is 31.3 Å². The second kappa shape index (κ2) is 6.68. The Morgan fingerprint density at radius 1 is 1.21 bits per heavy atom. The highest BCUT2D eigenvalue weighted by molar-refractivity contribution is 6.00. The lowest BCUT2D eigenvalue weighted by Crippen LogP contribution is -2.47. The van der Waals surface area contributed by atoms with Gasteiger partial charge >= 0.3 is 11.9 Å². The summed E-state index contributed by atoms with van der Waals surface area (Å²) in [4.78, 5) is 35.9. The van der Waals surface area contributed by atoms with Gasteiger partial charge in [0.25, 0.3) is 0 Å². The van der Waals surface area contributed by atoms with E-state index in [1.807, 2.05) is 0 Å². The van der Waals surface area contributed by atoms with Crippen molar-refractivity contribution in [3.05, 3.63) is 0 Å². The van der Waals surface area contributed by atoms with Crippen molar-refractivity contribution < 1.29 is 23.9 Å². The first-order valence-electron chi connectivity index (χ1n) is 6.82. The molecule has 0 aromatic carbocycles. The van der Waals surface area contributed by atoms with Crippen LogP contribution in [0.2, 0.25) is 0 Å². The molecule has 0 bridgehead atoms. The third kappa shape index (κ3) is 3.33. The van der Waals surface area contributed by atoms with Crippen LogP contribution in [-0.4, -0.2) is 30.9 Å². The number of hydrogen-bond acceptors (Lipinski definition) is 5. The van der Waals surface area contributed by atoms with Crippen molar-refractivity contribution in [2.75, 3.05) is 13.2 Å². The molecule has 1 atom stereocenters. The van der Waals surface area contributed by atoms with Crippen LogP contribution >= 0.6 is 0 Å². The molecule has 0 saturated heterocycles. The van der Waals surface area contributed by atoms with Gasteiger partial charge in [-0.1, -0.05) is 0 Å². The normalized spacial score (nSPS) is 19.9. The minimum atomic E-state index is -1.37. The number of hydrogen-bond donors (Lipinski definition) is 0. The Bertz CT molecular complexity index is 343. The molecule has 0 spiro atoms. The summed E-state index contributed by atoms with van der Waals surface area (Å²) in [7, 11) is 0. The molecule has 0 aromatic heterocycles. The Hall–Kier alpha value is -1.39. The van der Waals surface area contributed by atoms with E-state index in [1.165, 1.54) is 6.92 Å². The van der Waals surface area contributed by atoms with Gasteiger partial charge in [-0.2, -0.15) is 0 Å². The van der Waals surface area contributed by atoms with Crippen LogP contribution in [-0.2, 0) is 23.9 Å². The Labute approximate surface area is 113 Å². The number of Topliss-reactive ketones (excluding diaryl/α,β-unsaturated/α-hetero) is 1. The zero-order valence-corrected chi connectivity index (χ0v) is 11.9. The molecule has 1 unspecified atom stereocenters. The summed E-state index contributed by atoms with van der Waals surface area (Å²) in [6.45, 7) is 5.32. The fourth-order valence-electron chi connectivity index (χ4n) is 2.50. The molecule has 1 fully saturated rings. The van der Waals surface area contributed by atoms with E-state index < -0.39 is 17.4 Å². The van der Waals surface area contributed by atoms with Gasteiger partial charge in [0.05, 0.1) is 13.2 Å². The van der Waals surface area contributed by atoms with Crippen molar-refractivity contribution in [2.24, 2.45) is 11.3 Å². The first-order chi connectivity index (χ1) is 8.96. The molecule has 0 radical (unpaired) electrons. The summed E-state index contributed by atoms with van der Waals surface area (Å²) < 4.78 is 10.0. The lowest BCUT2D eigenvalue weighted by atomic mass is 9.69. The highest BCUT2D eigenvalue weighted by atomic mass is 16.6. The van der Waals surface area contributed by atoms with Gasteiger partial charge in [-0.3, -0.25) is 14.4 Å². The van der Waals surface area contributed by atoms with E-state index in [1.54, 1.807) is 13.8 Å². The molecule has 5 heteroatoms. The minimum absolute atomic E-state index is 0.0936. The van der Waals surface area contributed by atoms with Crippen LogP contribution in [0.15, 0.2) is 0 Å². The largest absolute Gasteiger partial charge is 0.465 e. The Morgan fingerprint density at radius 3 is 2.16 bits per heavy atom. The summed E-state index contributed by atoms with van der Waals surface area (Å²) in [6, 6.07) is 0. The van der Waals surface area contributed by atoms with Gasteiger partial charge in [-0.05, 0) is 39.5 Å². The van der Waals surface area contributed by atoms with Crippen LogP contribution in [0.5, 0.6) is 0 Å². The minimum Gasteiger partial charge on any atom is -0.465 e. The number of carbonyl (C=O) groups is 3. The third-order valence-electron chi connectivity index (χ3n) is 3.70. The zero-order valence-electron chi connectivity index (χ0n) is 11.9. The average molecular weight is 270 g/mol. The number of esters is 2. The van der Waals surface area contributed by atoms with Gasteiger partial charge in [0.15, 0.2) is 5.41 Å². The molecule has 0 N–H and O–H groups in total. The number of ether oxygens (including phenoxy) is 2. The van der Waals surface area contributed by atoms with Gasteiger partial charge < -0.3 is 9.47 Å². The maximum Gasteiger partial charge on any atom is 0.323 e. The van der Waals surface area contributed by atoms with Crippen molar-refractivity contribution in [3.63, 3.8) is 0 Å². The van der Waals surface area contributed by atoms with Crippen molar-refractivity contribution in [3.8, 4) is 0 Å². The predicted octanol–water partition coefficient (Wildman–Crippen LogP) is 1.88. The molecule has 0 amide bonds. The van der Waals surface area contributed by atoms with Crippen LogP contribution in [0.25, 0.3) is 0 Å². The molecule has 0 heterocycles. The van der Waals surface area contributed by atoms with Crippen LogP contribution in [0.3, 0.4) is 0 Å². The molecule has 0 aromatic rings. The number of rotatable bonds is 5. The smallest absolute Gasteiger partial charge is 0.323 e. The van der Waals surface area contributed by atoms with Crippen LogP contribution in [0.4, 0.5) is 0 Å². The summed E-state index contributed by atoms with van der Waals surface area (Å²) in [5.74, 6) is -1.41. The Morgan fingerprint density at radius 2 is 1.74 bits per heavy atom. The highest BCUT2D eigenvalue weighted by Gasteiger charge is 2.51. The topological polar surface area (TPSA) is 69.7 Å². The SMILES string of the molecule is CCOC(=O)C(C)(C(=O)OCC)C1CCCC(=O)C1. The standard InChI is InChI=1S/C14H22O5/c1-4-18-12(16)14(3,13(17)19-5-2)10-7-6-8-11(15)9-10/h10H,4-9H2,1-3H3. The molecule has 1 aliphatic carbocycles. The monoisotopic (exact) mass is 270 g/mol.